The van der Waals surface area contributed by atoms with Crippen molar-refractivity contribution in [1.82, 2.24) is 4.90 Å². The summed E-state index contributed by atoms with van der Waals surface area (Å²) in [4.78, 5) is 28.3. The number of carbonyl (C=O) groups excluding carboxylic acids is 2. The Bertz CT molecular complexity index is 959. The van der Waals surface area contributed by atoms with Crippen LogP contribution in [-0.4, -0.2) is 60.9 Å². The average molecular weight is 876 g/mol. The molecule has 0 saturated carbocycles. The number of hydrogen-bond donors (Lipinski definition) is 1. The molecule has 0 spiro atoms. The van der Waals surface area contributed by atoms with E-state index in [9.17, 15) is 14.7 Å². The molecule has 0 radical (unpaired) electrons. The zero-order valence-corrected chi connectivity index (χ0v) is 42.4. The molecule has 4 atom stereocenters. The van der Waals surface area contributed by atoms with Gasteiger partial charge in [0.2, 0.25) is 0 Å². The van der Waals surface area contributed by atoms with E-state index in [-0.39, 0.29) is 18.5 Å². The zero-order chi connectivity index (χ0) is 45.0. The van der Waals surface area contributed by atoms with Crippen LogP contribution in [0.3, 0.4) is 0 Å². The van der Waals surface area contributed by atoms with E-state index in [2.05, 4.69) is 32.6 Å². The third kappa shape index (κ3) is 37.1. The first-order valence-electron chi connectivity index (χ1n) is 28.1. The Kier molecular flexibility index (Phi) is 42.8. The maximum Gasteiger partial charge on any atom is 0.305 e. The SMILES string of the molecule is CCCCCCCCCN(CCCO)C1CCCCCCCCC(=O)OCC(CCCC)CCCCCC(C)CCCCC(CCCCCC)COC(=O)CCCCCCCC1. The normalized spacial score (nSPS) is 23.5. The maximum absolute atomic E-state index is 12.8. The summed E-state index contributed by atoms with van der Waals surface area (Å²) in [6, 6.07) is 0.610. The van der Waals surface area contributed by atoms with Crippen molar-refractivity contribution in [3.05, 3.63) is 0 Å². The van der Waals surface area contributed by atoms with Crippen LogP contribution in [0.5, 0.6) is 0 Å². The van der Waals surface area contributed by atoms with Crippen molar-refractivity contribution in [2.24, 2.45) is 17.8 Å². The lowest BCUT2D eigenvalue weighted by Gasteiger charge is -2.32. The molecular formula is C56H109NO5. The number of hydrogen-bond acceptors (Lipinski definition) is 6. The second-order valence-electron chi connectivity index (χ2n) is 20.3. The number of cyclic esters (lactones) is 2. The van der Waals surface area contributed by atoms with E-state index in [4.69, 9.17) is 9.47 Å². The Morgan fingerprint density at radius 3 is 1.39 bits per heavy atom. The van der Waals surface area contributed by atoms with Crippen LogP contribution in [-0.2, 0) is 19.1 Å². The van der Waals surface area contributed by atoms with E-state index in [1.165, 1.54) is 225 Å². The monoisotopic (exact) mass is 876 g/mol. The van der Waals surface area contributed by atoms with Crippen LogP contribution >= 0.6 is 0 Å². The lowest BCUT2D eigenvalue weighted by Crippen LogP contribution is -2.37. The highest BCUT2D eigenvalue weighted by atomic mass is 16.5. The molecule has 1 N–H and O–H groups in total. The number of carbonyl (C=O) groups is 2. The molecule has 1 aliphatic rings. The molecule has 0 aliphatic carbocycles. The average Bonchev–Trinajstić information content (AvgIpc) is 3.27. The van der Waals surface area contributed by atoms with Gasteiger partial charge in [-0.05, 0) is 88.5 Å². The summed E-state index contributed by atoms with van der Waals surface area (Å²) in [6.45, 7) is 13.0. The lowest BCUT2D eigenvalue weighted by molar-refractivity contribution is -0.146. The molecule has 1 saturated heterocycles. The highest BCUT2D eigenvalue weighted by molar-refractivity contribution is 5.69. The van der Waals surface area contributed by atoms with Crippen LogP contribution in [0.25, 0.3) is 0 Å². The van der Waals surface area contributed by atoms with Crippen molar-refractivity contribution in [1.29, 1.82) is 0 Å². The van der Waals surface area contributed by atoms with Gasteiger partial charge in [-0.25, -0.2) is 0 Å². The predicted octanol–water partition coefficient (Wildman–Crippen LogP) is 16.7. The van der Waals surface area contributed by atoms with Crippen molar-refractivity contribution in [2.45, 2.75) is 297 Å². The van der Waals surface area contributed by atoms with E-state index in [1.807, 2.05) is 0 Å². The Hall–Kier alpha value is -1.14. The lowest BCUT2D eigenvalue weighted by atomic mass is 9.91. The number of aliphatic hydroxyl groups excluding tert-OH is 1. The summed E-state index contributed by atoms with van der Waals surface area (Å²) in [7, 11) is 0. The molecule has 0 aromatic carbocycles. The molecule has 4 unspecified atom stereocenters. The largest absolute Gasteiger partial charge is 0.465 e. The van der Waals surface area contributed by atoms with E-state index in [0.29, 0.717) is 43.9 Å². The third-order valence-corrected chi connectivity index (χ3v) is 14.3. The van der Waals surface area contributed by atoms with Gasteiger partial charge in [0, 0.05) is 32.0 Å². The van der Waals surface area contributed by atoms with Gasteiger partial charge in [-0.15, -0.1) is 0 Å². The van der Waals surface area contributed by atoms with Crippen molar-refractivity contribution < 1.29 is 24.2 Å². The van der Waals surface area contributed by atoms with Crippen molar-refractivity contribution in [3.8, 4) is 0 Å². The van der Waals surface area contributed by atoms with Crippen LogP contribution in [0, 0.1) is 17.8 Å². The fourth-order valence-corrected chi connectivity index (χ4v) is 9.96. The summed E-state index contributed by atoms with van der Waals surface area (Å²) in [6.07, 6.45) is 49.4. The second kappa shape index (κ2) is 45.0. The Balaban J connectivity index is 2.80. The van der Waals surface area contributed by atoms with Gasteiger partial charge in [0.05, 0.1) is 13.2 Å². The molecule has 1 fully saturated rings. The van der Waals surface area contributed by atoms with Gasteiger partial charge in [0.25, 0.3) is 0 Å². The zero-order valence-electron chi connectivity index (χ0n) is 42.4. The number of esters is 2. The molecule has 62 heavy (non-hydrogen) atoms. The van der Waals surface area contributed by atoms with Crippen LogP contribution < -0.4 is 0 Å². The van der Waals surface area contributed by atoms with E-state index in [0.717, 1.165) is 44.6 Å². The molecule has 0 amide bonds. The summed E-state index contributed by atoms with van der Waals surface area (Å²) in [5.74, 6) is 1.83. The summed E-state index contributed by atoms with van der Waals surface area (Å²) >= 11 is 0. The topological polar surface area (TPSA) is 76.1 Å². The van der Waals surface area contributed by atoms with Crippen molar-refractivity contribution in [3.63, 3.8) is 0 Å². The fourth-order valence-electron chi connectivity index (χ4n) is 9.96. The minimum atomic E-state index is 0.0173. The minimum absolute atomic E-state index is 0.0173. The van der Waals surface area contributed by atoms with Gasteiger partial charge < -0.3 is 19.5 Å². The third-order valence-electron chi connectivity index (χ3n) is 14.3. The van der Waals surface area contributed by atoms with Gasteiger partial charge in [0.15, 0.2) is 0 Å². The highest BCUT2D eigenvalue weighted by Gasteiger charge is 2.19. The van der Waals surface area contributed by atoms with Crippen LogP contribution in [0.2, 0.25) is 0 Å². The van der Waals surface area contributed by atoms with E-state index in [1.54, 1.807) is 0 Å². The van der Waals surface area contributed by atoms with Gasteiger partial charge in [-0.2, -0.15) is 0 Å². The molecule has 1 rings (SSSR count). The molecule has 1 heterocycles. The first kappa shape index (κ1) is 58.9. The number of ether oxygens (including phenoxy) is 2. The molecule has 0 bridgehead atoms. The molecule has 1 aliphatic heterocycles. The smallest absolute Gasteiger partial charge is 0.305 e. The van der Waals surface area contributed by atoms with Crippen molar-refractivity contribution >= 4 is 11.9 Å². The first-order valence-corrected chi connectivity index (χ1v) is 28.1. The number of rotatable bonds is 20. The second-order valence-corrected chi connectivity index (χ2v) is 20.3. The quantitative estimate of drug-likeness (QED) is 0.0970. The number of nitrogens with zero attached hydrogens (tertiary/aromatic N) is 1. The number of unbranched alkanes of at least 4 members (excludes halogenated alkanes) is 10. The van der Waals surface area contributed by atoms with E-state index < -0.39 is 0 Å². The molecule has 6 nitrogen and oxygen atoms in total. The van der Waals surface area contributed by atoms with Crippen LogP contribution in [0.1, 0.15) is 291 Å². The Labute approximate surface area is 387 Å². The van der Waals surface area contributed by atoms with Crippen molar-refractivity contribution in [2.75, 3.05) is 32.9 Å². The summed E-state index contributed by atoms with van der Waals surface area (Å²) < 4.78 is 11.8. The predicted molar refractivity (Wildman–Crippen MR) is 267 cm³/mol. The fraction of sp³-hybridized carbons (Fsp3) is 0.964. The molecule has 6 heteroatoms. The Morgan fingerprint density at radius 1 is 0.452 bits per heavy atom. The molecule has 0 aromatic heterocycles. The molecule has 368 valence electrons. The van der Waals surface area contributed by atoms with Gasteiger partial charge in [-0.3, -0.25) is 9.59 Å². The van der Waals surface area contributed by atoms with Crippen LogP contribution in [0.4, 0.5) is 0 Å². The Morgan fingerprint density at radius 2 is 0.839 bits per heavy atom. The highest BCUT2D eigenvalue weighted by Crippen LogP contribution is 2.25. The maximum atomic E-state index is 12.8. The minimum Gasteiger partial charge on any atom is -0.465 e. The summed E-state index contributed by atoms with van der Waals surface area (Å²) in [5, 5.41) is 9.78. The molecule has 0 aromatic rings. The first-order chi connectivity index (χ1) is 30.4. The van der Waals surface area contributed by atoms with Gasteiger partial charge >= 0.3 is 11.9 Å². The standard InChI is InChI=1S/C56H109NO5/c1-5-8-11-13-18-23-34-46-57(47-35-48-58)54-42-28-19-14-16-21-30-44-55(59)61-49-52(38-10-7-3)40-27-24-25-36-51(4)37-32-33-41-53(39-26-12-9-6-2)50-62-56(60)45-31-22-17-15-20-29-43-54/h51-54,58H,5-50H2,1-4H3. The number of aliphatic hydroxyl groups is 1. The van der Waals surface area contributed by atoms with Crippen LogP contribution in [0.15, 0.2) is 0 Å². The summed E-state index contributed by atoms with van der Waals surface area (Å²) in [5.41, 5.74) is 0. The molecular weight excluding hydrogens is 767 g/mol. The van der Waals surface area contributed by atoms with Gasteiger partial charge in [-0.1, -0.05) is 214 Å². The van der Waals surface area contributed by atoms with Gasteiger partial charge in [0.1, 0.15) is 0 Å². The van der Waals surface area contributed by atoms with E-state index >= 15 is 0 Å².